The third-order valence-corrected chi connectivity index (χ3v) is 1.82. The molecule has 2 aromatic rings. The average Bonchev–Trinajstić information content (AvgIpc) is 2.33. The molecule has 8 N–H and O–H groups in total. The van der Waals surface area contributed by atoms with E-state index in [1.807, 2.05) is 30.3 Å². The first kappa shape index (κ1) is 26.3. The molecule has 2 rings (SSSR count). The lowest BCUT2D eigenvalue weighted by molar-refractivity contribution is 0.551. The molecule has 0 heterocycles. The number of nitrogen functional groups attached to an aromatic ring is 1. The van der Waals surface area contributed by atoms with Gasteiger partial charge in [-0.2, -0.15) is 25.3 Å². The predicted octanol–water partition coefficient (Wildman–Crippen LogP) is -0.0998. The van der Waals surface area contributed by atoms with Crippen LogP contribution in [0.5, 0.6) is 0 Å². The zero-order valence-corrected chi connectivity index (χ0v) is 15.1. The number of halogens is 3. The second kappa shape index (κ2) is 10.9. The lowest BCUT2D eigenvalue weighted by atomic mass is 10.1. The number of rotatable bonds is 0. The normalized spacial score (nSPS) is 11.0. The fourth-order valence-corrected chi connectivity index (χ4v) is 1.25. The third-order valence-electron chi connectivity index (χ3n) is 1.82. The van der Waals surface area contributed by atoms with Gasteiger partial charge in [-0.3, -0.25) is 0 Å². The Morgan fingerprint density at radius 2 is 0.923 bits per heavy atom. The van der Waals surface area contributed by atoms with Crippen molar-refractivity contribution in [3.8, 4) is 0 Å². The van der Waals surface area contributed by atoms with Gasteiger partial charge in [0.25, 0.3) is 0 Å². The van der Waals surface area contributed by atoms with Crippen molar-refractivity contribution in [2.24, 2.45) is 15.4 Å². The molecular weight excluding hydrogens is 425 g/mol. The number of hydrogen-bond donors (Lipinski definition) is 4. The maximum atomic E-state index is 10.4. The molecule has 150 valence electrons. The van der Waals surface area contributed by atoms with Gasteiger partial charge in [-0.25, -0.2) is 15.4 Å². The maximum Gasteiger partial charge on any atom is 0.369 e. The van der Waals surface area contributed by atoms with Gasteiger partial charge in [0.15, 0.2) is 0 Å². The SMILES string of the molecule is NS(=O)(=O)F.NS(=O)(=O)F.NS(=O)(=O)F.Nc1cccc2ccccc12. The number of nitrogens with two attached hydrogens (primary N) is 4. The van der Waals surface area contributed by atoms with Gasteiger partial charge in [0, 0.05) is 11.1 Å². The molecule has 0 spiro atoms. The summed E-state index contributed by atoms with van der Waals surface area (Å²) in [4.78, 5) is 0. The Hall–Kier alpha value is -1.98. The van der Waals surface area contributed by atoms with Crippen LogP contribution in [0.1, 0.15) is 0 Å². The second-order valence-electron chi connectivity index (χ2n) is 4.00. The third kappa shape index (κ3) is 26.9. The summed E-state index contributed by atoms with van der Waals surface area (Å²) >= 11 is 0. The summed E-state index contributed by atoms with van der Waals surface area (Å²) < 4.78 is 83.8. The molecule has 16 heteroatoms. The molecule has 0 amide bonds. The van der Waals surface area contributed by atoms with E-state index in [0.717, 1.165) is 11.1 Å². The topological polar surface area (TPSA) is 206 Å². The number of anilines is 1. The molecule has 2 aromatic carbocycles. The molecule has 0 saturated carbocycles. The van der Waals surface area contributed by atoms with Crippen LogP contribution < -0.4 is 21.2 Å². The highest BCUT2D eigenvalue weighted by Gasteiger charge is 1.92. The monoisotopic (exact) mass is 440 g/mol. The van der Waals surface area contributed by atoms with Crippen molar-refractivity contribution in [2.75, 3.05) is 5.73 Å². The van der Waals surface area contributed by atoms with Gasteiger partial charge >= 0.3 is 31.2 Å². The number of hydrogen-bond acceptors (Lipinski definition) is 7. The van der Waals surface area contributed by atoms with Gasteiger partial charge in [-0.15, -0.1) is 0 Å². The van der Waals surface area contributed by atoms with Crippen LogP contribution in [0.25, 0.3) is 10.8 Å². The van der Waals surface area contributed by atoms with Crippen LogP contribution in [0.3, 0.4) is 0 Å². The van der Waals surface area contributed by atoms with Gasteiger partial charge < -0.3 is 5.73 Å². The summed E-state index contributed by atoms with van der Waals surface area (Å²) in [7, 11) is -14.0. The molecular formula is C10H15F3N4O6S3. The van der Waals surface area contributed by atoms with Crippen molar-refractivity contribution in [1.29, 1.82) is 0 Å². The van der Waals surface area contributed by atoms with Crippen molar-refractivity contribution < 1.29 is 36.9 Å². The highest BCUT2D eigenvalue weighted by molar-refractivity contribution is 7.84. The first-order valence-electron chi connectivity index (χ1n) is 5.78. The molecule has 0 saturated heterocycles. The Morgan fingerprint density at radius 1 is 0.615 bits per heavy atom. The van der Waals surface area contributed by atoms with Crippen molar-refractivity contribution in [3.05, 3.63) is 42.5 Å². The molecule has 0 unspecified atom stereocenters. The average molecular weight is 440 g/mol. The first-order chi connectivity index (χ1) is 11.4. The molecule has 10 nitrogen and oxygen atoms in total. The second-order valence-corrected chi connectivity index (χ2v) is 6.85. The van der Waals surface area contributed by atoms with Crippen LogP contribution in [0.2, 0.25) is 0 Å². The van der Waals surface area contributed by atoms with Gasteiger partial charge in [-0.1, -0.05) is 48.1 Å². The fourth-order valence-electron chi connectivity index (χ4n) is 1.25. The fraction of sp³-hybridized carbons (Fsp3) is 0. The zero-order chi connectivity index (χ0) is 21.2. The Balaban J connectivity index is 0. The summed E-state index contributed by atoms with van der Waals surface area (Å²) in [5.74, 6) is 0. The quantitative estimate of drug-likeness (QED) is 0.323. The summed E-state index contributed by atoms with van der Waals surface area (Å²) in [5, 5.41) is 13.3. The van der Waals surface area contributed by atoms with Crippen molar-refractivity contribution in [2.45, 2.75) is 0 Å². The molecule has 0 atom stereocenters. The summed E-state index contributed by atoms with van der Waals surface area (Å²) in [6.45, 7) is 0. The lowest BCUT2D eigenvalue weighted by Crippen LogP contribution is -2.01. The molecule has 0 fully saturated rings. The molecule has 0 aliphatic rings. The Kier molecular flexibility index (Phi) is 11.0. The van der Waals surface area contributed by atoms with E-state index in [-0.39, 0.29) is 0 Å². The van der Waals surface area contributed by atoms with E-state index in [4.69, 9.17) is 31.0 Å². The largest absolute Gasteiger partial charge is 0.398 e. The van der Waals surface area contributed by atoms with E-state index in [2.05, 4.69) is 27.5 Å². The summed E-state index contributed by atoms with van der Waals surface area (Å²) in [5.41, 5.74) is 6.61. The van der Waals surface area contributed by atoms with E-state index in [1.54, 1.807) is 0 Å². The number of benzene rings is 2. The van der Waals surface area contributed by atoms with Crippen LogP contribution in [0.15, 0.2) is 42.5 Å². The van der Waals surface area contributed by atoms with Crippen LogP contribution in [0, 0.1) is 0 Å². The van der Waals surface area contributed by atoms with Crippen LogP contribution in [-0.2, 0) is 31.2 Å². The number of fused-ring (bicyclic) bond motifs is 1. The minimum absolute atomic E-state index is 0.850. The van der Waals surface area contributed by atoms with E-state index in [1.165, 1.54) is 5.39 Å². The molecule has 0 aromatic heterocycles. The van der Waals surface area contributed by atoms with Crippen molar-refractivity contribution in [1.82, 2.24) is 0 Å². The van der Waals surface area contributed by atoms with Gasteiger partial charge in [0.2, 0.25) is 0 Å². The van der Waals surface area contributed by atoms with Crippen LogP contribution in [-0.4, -0.2) is 25.3 Å². The van der Waals surface area contributed by atoms with E-state index >= 15 is 0 Å². The van der Waals surface area contributed by atoms with Gasteiger partial charge in [0.1, 0.15) is 0 Å². The van der Waals surface area contributed by atoms with Gasteiger partial charge in [-0.05, 0) is 11.5 Å². The predicted molar refractivity (Wildman–Crippen MR) is 91.0 cm³/mol. The van der Waals surface area contributed by atoms with Crippen molar-refractivity contribution >= 4 is 47.7 Å². The highest BCUT2D eigenvalue weighted by Crippen LogP contribution is 2.19. The molecule has 0 radical (unpaired) electrons. The highest BCUT2D eigenvalue weighted by atomic mass is 32.3. The standard InChI is InChI=1S/C10H9N.3FH2NO2S/c11-10-7-3-5-8-4-1-2-6-9(8)10;3*1-5(2,3)4/h1-7H,11H2;3*(H2,2,3,4). The van der Waals surface area contributed by atoms with Crippen molar-refractivity contribution in [3.63, 3.8) is 0 Å². The van der Waals surface area contributed by atoms with E-state index in [0.29, 0.717) is 0 Å². The molecule has 0 aliphatic carbocycles. The molecule has 26 heavy (non-hydrogen) atoms. The lowest BCUT2D eigenvalue weighted by Gasteiger charge is -1.98. The van der Waals surface area contributed by atoms with Crippen LogP contribution in [0.4, 0.5) is 17.3 Å². The van der Waals surface area contributed by atoms with Crippen LogP contribution >= 0.6 is 0 Å². The Morgan fingerprint density at radius 3 is 1.27 bits per heavy atom. The Bertz CT molecular complexity index is 913. The zero-order valence-electron chi connectivity index (χ0n) is 12.7. The summed E-state index contributed by atoms with van der Waals surface area (Å²) in [6.07, 6.45) is 0. The van der Waals surface area contributed by atoms with Gasteiger partial charge in [0.05, 0.1) is 0 Å². The maximum absolute atomic E-state index is 10.4. The van der Waals surface area contributed by atoms with E-state index in [9.17, 15) is 11.7 Å². The first-order valence-corrected chi connectivity index (χ1v) is 10.1. The minimum atomic E-state index is -4.67. The smallest absolute Gasteiger partial charge is 0.369 e. The molecule has 0 bridgehead atoms. The summed E-state index contributed by atoms with van der Waals surface area (Å²) in [6, 6.07) is 14.1. The van der Waals surface area contributed by atoms with E-state index < -0.39 is 31.2 Å². The minimum Gasteiger partial charge on any atom is -0.398 e. The Labute approximate surface area is 148 Å². The molecule has 0 aliphatic heterocycles.